The summed E-state index contributed by atoms with van der Waals surface area (Å²) in [5, 5.41) is 9.90. The van der Waals surface area contributed by atoms with Gasteiger partial charge in [0.2, 0.25) is 0 Å². The molecular weight excluding hydrogens is 257 g/mol. The Balaban J connectivity index is 2.34. The molecule has 0 amide bonds. The molecule has 1 unspecified atom stereocenters. The van der Waals surface area contributed by atoms with Crippen LogP contribution in [0.3, 0.4) is 0 Å². The summed E-state index contributed by atoms with van der Waals surface area (Å²) in [6.07, 6.45) is 1.64. The van der Waals surface area contributed by atoms with Crippen LogP contribution in [0.2, 0.25) is 0 Å². The van der Waals surface area contributed by atoms with E-state index in [2.05, 4.69) is 11.8 Å². The topological polar surface area (TPSA) is 32.7 Å². The molecule has 1 aliphatic carbocycles. The van der Waals surface area contributed by atoms with E-state index < -0.39 is 6.10 Å². The van der Waals surface area contributed by atoms with E-state index in [4.69, 9.17) is 4.74 Å². The highest BCUT2D eigenvalue weighted by atomic mass is 19.1. The Kier molecular flexibility index (Phi) is 5.00. The fraction of sp³-hybridized carbons (Fsp3) is 0.625. The van der Waals surface area contributed by atoms with Gasteiger partial charge in [-0.2, -0.15) is 0 Å². The van der Waals surface area contributed by atoms with Gasteiger partial charge in [0.1, 0.15) is 5.82 Å². The number of aliphatic hydroxyl groups is 1. The van der Waals surface area contributed by atoms with Crippen molar-refractivity contribution in [3.05, 3.63) is 29.6 Å². The van der Waals surface area contributed by atoms with Crippen molar-refractivity contribution in [2.24, 2.45) is 5.92 Å². The molecule has 4 heteroatoms. The average Bonchev–Trinajstić information content (AvgIpc) is 3.22. The van der Waals surface area contributed by atoms with E-state index in [1.165, 1.54) is 18.9 Å². The summed E-state index contributed by atoms with van der Waals surface area (Å²) in [5.41, 5.74) is 1.17. The summed E-state index contributed by atoms with van der Waals surface area (Å²) in [6.45, 7) is 5.08. The van der Waals surface area contributed by atoms with E-state index >= 15 is 0 Å². The van der Waals surface area contributed by atoms with Crippen LogP contribution in [-0.2, 0) is 4.74 Å². The maximum atomic E-state index is 14.0. The second kappa shape index (κ2) is 6.55. The van der Waals surface area contributed by atoms with Crippen molar-refractivity contribution < 1.29 is 14.2 Å². The van der Waals surface area contributed by atoms with E-state index in [9.17, 15) is 9.50 Å². The molecule has 112 valence electrons. The van der Waals surface area contributed by atoms with E-state index in [1.54, 1.807) is 20.1 Å². The maximum absolute atomic E-state index is 14.0. The molecule has 0 spiro atoms. The molecule has 0 bridgehead atoms. The van der Waals surface area contributed by atoms with Gasteiger partial charge in [0.15, 0.2) is 0 Å². The number of ether oxygens (including phenoxy) is 1. The van der Waals surface area contributed by atoms with Gasteiger partial charge in [-0.05, 0) is 44.7 Å². The Morgan fingerprint density at radius 1 is 1.40 bits per heavy atom. The highest BCUT2D eigenvalue weighted by Crippen LogP contribution is 2.39. The van der Waals surface area contributed by atoms with Gasteiger partial charge in [0.05, 0.1) is 12.7 Å². The molecule has 0 aromatic heterocycles. The zero-order chi connectivity index (χ0) is 14.7. The molecule has 1 saturated carbocycles. The molecule has 2 atom stereocenters. The van der Waals surface area contributed by atoms with Gasteiger partial charge in [0.25, 0.3) is 0 Å². The Morgan fingerprint density at radius 2 is 2.10 bits per heavy atom. The first-order valence-electron chi connectivity index (χ1n) is 7.28. The molecule has 0 saturated heterocycles. The van der Waals surface area contributed by atoms with Crippen molar-refractivity contribution in [1.29, 1.82) is 0 Å². The van der Waals surface area contributed by atoms with E-state index in [-0.39, 0.29) is 5.82 Å². The van der Waals surface area contributed by atoms with Crippen LogP contribution in [0.1, 0.15) is 38.4 Å². The number of nitrogens with zero attached hydrogens (tertiary/aromatic N) is 1. The molecule has 0 heterocycles. The van der Waals surface area contributed by atoms with Gasteiger partial charge in [0, 0.05) is 30.9 Å². The molecule has 1 aromatic carbocycles. The molecule has 1 fully saturated rings. The summed E-state index contributed by atoms with van der Waals surface area (Å²) in [5.74, 6) is 0.319. The van der Waals surface area contributed by atoms with Crippen molar-refractivity contribution in [2.75, 3.05) is 25.2 Å². The van der Waals surface area contributed by atoms with Crippen molar-refractivity contribution in [2.45, 2.75) is 38.8 Å². The number of methoxy groups -OCH3 is 1. The highest BCUT2D eigenvalue weighted by molar-refractivity contribution is 5.56. The van der Waals surface area contributed by atoms with Gasteiger partial charge < -0.3 is 14.7 Å². The Morgan fingerprint density at radius 3 is 2.65 bits per heavy atom. The number of rotatable bonds is 7. The average molecular weight is 281 g/mol. The number of anilines is 1. The SMILES string of the molecule is COCCN(c1cccc(F)c1[C@H](C)O)C(C)C1CC1. The van der Waals surface area contributed by atoms with E-state index in [0.29, 0.717) is 30.7 Å². The minimum Gasteiger partial charge on any atom is -0.389 e. The summed E-state index contributed by atoms with van der Waals surface area (Å²) in [4.78, 5) is 2.17. The van der Waals surface area contributed by atoms with Crippen LogP contribution in [-0.4, -0.2) is 31.4 Å². The molecule has 3 nitrogen and oxygen atoms in total. The third-order valence-electron chi connectivity index (χ3n) is 4.09. The molecule has 1 aromatic rings. The number of hydrogen-bond donors (Lipinski definition) is 1. The van der Waals surface area contributed by atoms with Crippen LogP contribution >= 0.6 is 0 Å². The maximum Gasteiger partial charge on any atom is 0.131 e. The van der Waals surface area contributed by atoms with Crippen LogP contribution < -0.4 is 4.90 Å². The second-order valence-corrected chi connectivity index (χ2v) is 5.61. The summed E-state index contributed by atoms with van der Waals surface area (Å²) >= 11 is 0. The molecule has 0 aliphatic heterocycles. The quantitative estimate of drug-likeness (QED) is 0.833. The highest BCUT2D eigenvalue weighted by Gasteiger charge is 2.33. The lowest BCUT2D eigenvalue weighted by molar-refractivity contribution is 0.192. The first-order valence-corrected chi connectivity index (χ1v) is 7.28. The minimum atomic E-state index is -0.817. The predicted octanol–water partition coefficient (Wildman–Crippen LogP) is 3.13. The standard InChI is InChI=1S/C16H24FNO2/c1-11(13-7-8-13)18(9-10-20-3)15-6-4-5-14(17)16(15)12(2)19/h4-6,11-13,19H,7-10H2,1-3H3/t11?,12-/m0/s1. The van der Waals surface area contributed by atoms with Gasteiger partial charge in [-0.25, -0.2) is 4.39 Å². The molecule has 20 heavy (non-hydrogen) atoms. The zero-order valence-corrected chi connectivity index (χ0v) is 12.5. The van der Waals surface area contributed by atoms with Gasteiger partial charge in [-0.15, -0.1) is 0 Å². The lowest BCUT2D eigenvalue weighted by atomic mass is 10.0. The largest absolute Gasteiger partial charge is 0.389 e. The van der Waals surface area contributed by atoms with Crippen molar-refractivity contribution >= 4 is 5.69 Å². The van der Waals surface area contributed by atoms with Gasteiger partial charge in [-0.1, -0.05) is 6.07 Å². The molecule has 2 rings (SSSR count). The first kappa shape index (κ1) is 15.3. The zero-order valence-electron chi connectivity index (χ0n) is 12.5. The molecule has 0 radical (unpaired) electrons. The lowest BCUT2D eigenvalue weighted by Crippen LogP contribution is -2.38. The lowest BCUT2D eigenvalue weighted by Gasteiger charge is -2.33. The number of hydrogen-bond acceptors (Lipinski definition) is 3. The third kappa shape index (κ3) is 3.30. The van der Waals surface area contributed by atoms with Crippen LogP contribution in [0.25, 0.3) is 0 Å². The smallest absolute Gasteiger partial charge is 0.131 e. The molecule has 1 aliphatic rings. The van der Waals surface area contributed by atoms with Crippen LogP contribution in [0.4, 0.5) is 10.1 Å². The summed E-state index contributed by atoms with van der Waals surface area (Å²) in [7, 11) is 1.67. The number of aliphatic hydroxyl groups excluding tert-OH is 1. The van der Waals surface area contributed by atoms with Crippen molar-refractivity contribution in [3.63, 3.8) is 0 Å². The van der Waals surface area contributed by atoms with E-state index in [1.807, 2.05) is 6.07 Å². The van der Waals surface area contributed by atoms with Gasteiger partial charge >= 0.3 is 0 Å². The van der Waals surface area contributed by atoms with E-state index in [0.717, 1.165) is 5.69 Å². The second-order valence-electron chi connectivity index (χ2n) is 5.61. The fourth-order valence-corrected chi connectivity index (χ4v) is 2.76. The number of halogens is 1. The normalized spacial score (nSPS) is 17.9. The Labute approximate surface area is 120 Å². The van der Waals surface area contributed by atoms with Crippen LogP contribution in [0, 0.1) is 11.7 Å². The Bertz CT molecular complexity index is 446. The van der Waals surface area contributed by atoms with Crippen LogP contribution in [0.15, 0.2) is 18.2 Å². The fourth-order valence-electron chi connectivity index (χ4n) is 2.76. The molecular formula is C16H24FNO2. The van der Waals surface area contributed by atoms with Crippen LogP contribution in [0.5, 0.6) is 0 Å². The van der Waals surface area contributed by atoms with Crippen molar-refractivity contribution in [3.8, 4) is 0 Å². The minimum absolute atomic E-state index is 0.337. The molecule has 1 N–H and O–H groups in total. The Hall–Kier alpha value is -1.13. The van der Waals surface area contributed by atoms with Crippen molar-refractivity contribution in [1.82, 2.24) is 0 Å². The number of benzene rings is 1. The monoisotopic (exact) mass is 281 g/mol. The third-order valence-corrected chi connectivity index (χ3v) is 4.09. The summed E-state index contributed by atoms with van der Waals surface area (Å²) < 4.78 is 19.2. The summed E-state index contributed by atoms with van der Waals surface area (Å²) in [6, 6.07) is 5.33. The van der Waals surface area contributed by atoms with Gasteiger partial charge in [-0.3, -0.25) is 0 Å². The predicted molar refractivity (Wildman–Crippen MR) is 78.4 cm³/mol. The first-order chi connectivity index (χ1) is 9.56.